The maximum atomic E-state index is 10.9. The van der Waals surface area contributed by atoms with Crippen molar-refractivity contribution in [3.05, 3.63) is 42.0 Å². The summed E-state index contributed by atoms with van der Waals surface area (Å²) in [6.45, 7) is 5.86. The number of hydrogen-bond donors (Lipinski definition) is 1. The topological polar surface area (TPSA) is 68.0 Å². The molecule has 1 aromatic heterocycles. The summed E-state index contributed by atoms with van der Waals surface area (Å²) in [5.74, 6) is 0.0674. The number of benzene rings is 1. The molecule has 1 heterocycles. The lowest BCUT2D eigenvalue weighted by molar-refractivity contribution is -0.141. The first-order chi connectivity index (χ1) is 9.49. The van der Waals surface area contributed by atoms with Crippen molar-refractivity contribution in [2.24, 2.45) is 5.92 Å². The zero-order valence-electron chi connectivity index (χ0n) is 11.9. The SMILES string of the molecule is CC(Cc1ccc(-n2cnnc2C(C)C)cc1)C(=O)O. The van der Waals surface area contributed by atoms with Crippen LogP contribution >= 0.6 is 0 Å². The fourth-order valence-corrected chi connectivity index (χ4v) is 2.07. The van der Waals surface area contributed by atoms with Crippen LogP contribution in [0.25, 0.3) is 5.69 Å². The Morgan fingerprint density at radius 2 is 1.90 bits per heavy atom. The van der Waals surface area contributed by atoms with Crippen molar-refractivity contribution in [3.8, 4) is 5.69 Å². The molecule has 106 valence electrons. The summed E-state index contributed by atoms with van der Waals surface area (Å²) < 4.78 is 1.95. The zero-order chi connectivity index (χ0) is 14.7. The average molecular weight is 273 g/mol. The van der Waals surface area contributed by atoms with Gasteiger partial charge in [0.2, 0.25) is 0 Å². The van der Waals surface area contributed by atoms with Crippen molar-refractivity contribution in [3.63, 3.8) is 0 Å². The fourth-order valence-electron chi connectivity index (χ4n) is 2.07. The Morgan fingerprint density at radius 1 is 1.25 bits per heavy atom. The molecule has 5 heteroatoms. The van der Waals surface area contributed by atoms with E-state index < -0.39 is 5.97 Å². The van der Waals surface area contributed by atoms with Crippen LogP contribution in [0.4, 0.5) is 0 Å². The largest absolute Gasteiger partial charge is 0.481 e. The molecule has 5 nitrogen and oxygen atoms in total. The monoisotopic (exact) mass is 273 g/mol. The molecule has 20 heavy (non-hydrogen) atoms. The number of carbonyl (C=O) groups is 1. The third-order valence-electron chi connectivity index (χ3n) is 3.27. The smallest absolute Gasteiger partial charge is 0.306 e. The van der Waals surface area contributed by atoms with Gasteiger partial charge >= 0.3 is 5.97 Å². The summed E-state index contributed by atoms with van der Waals surface area (Å²) in [6.07, 6.45) is 2.24. The highest BCUT2D eigenvalue weighted by Crippen LogP contribution is 2.18. The van der Waals surface area contributed by atoms with Crippen molar-refractivity contribution in [2.75, 3.05) is 0 Å². The van der Waals surface area contributed by atoms with E-state index in [-0.39, 0.29) is 5.92 Å². The molecule has 0 radical (unpaired) electrons. The number of carboxylic acids is 1. The minimum absolute atomic E-state index is 0.296. The number of carboxylic acid groups (broad SMARTS) is 1. The van der Waals surface area contributed by atoms with Gasteiger partial charge in [-0.05, 0) is 24.1 Å². The molecular formula is C15H19N3O2. The van der Waals surface area contributed by atoms with Crippen LogP contribution in [0, 0.1) is 5.92 Å². The molecule has 2 rings (SSSR count). The van der Waals surface area contributed by atoms with Crippen LogP contribution in [0.2, 0.25) is 0 Å². The maximum Gasteiger partial charge on any atom is 0.306 e. The van der Waals surface area contributed by atoms with Crippen LogP contribution in [-0.2, 0) is 11.2 Å². The van der Waals surface area contributed by atoms with Gasteiger partial charge in [-0.1, -0.05) is 32.9 Å². The molecule has 0 spiro atoms. The number of aromatic nitrogens is 3. The van der Waals surface area contributed by atoms with E-state index in [1.54, 1.807) is 13.3 Å². The molecule has 1 unspecified atom stereocenters. The first kappa shape index (κ1) is 14.2. The van der Waals surface area contributed by atoms with Crippen molar-refractivity contribution in [2.45, 2.75) is 33.1 Å². The lowest BCUT2D eigenvalue weighted by Gasteiger charge is -2.10. The van der Waals surface area contributed by atoms with Gasteiger partial charge in [-0.15, -0.1) is 10.2 Å². The van der Waals surface area contributed by atoms with Crippen LogP contribution in [-0.4, -0.2) is 25.8 Å². The van der Waals surface area contributed by atoms with Crippen LogP contribution < -0.4 is 0 Å². The van der Waals surface area contributed by atoms with Crippen molar-refractivity contribution in [1.82, 2.24) is 14.8 Å². The van der Waals surface area contributed by atoms with E-state index >= 15 is 0 Å². The van der Waals surface area contributed by atoms with E-state index in [1.165, 1.54) is 0 Å². The highest BCUT2D eigenvalue weighted by molar-refractivity contribution is 5.69. The lowest BCUT2D eigenvalue weighted by Crippen LogP contribution is -2.12. The van der Waals surface area contributed by atoms with Crippen LogP contribution in [0.15, 0.2) is 30.6 Å². The van der Waals surface area contributed by atoms with Gasteiger partial charge in [0, 0.05) is 11.6 Å². The molecule has 0 aliphatic carbocycles. The molecule has 0 fully saturated rings. The molecule has 0 bridgehead atoms. The van der Waals surface area contributed by atoms with Gasteiger partial charge < -0.3 is 5.11 Å². The van der Waals surface area contributed by atoms with Crippen LogP contribution in [0.5, 0.6) is 0 Å². The Bertz CT molecular complexity index is 587. The lowest BCUT2D eigenvalue weighted by atomic mass is 10.0. The maximum absolute atomic E-state index is 10.9. The first-order valence-corrected chi connectivity index (χ1v) is 6.71. The molecule has 1 aromatic carbocycles. The van der Waals surface area contributed by atoms with Crippen molar-refractivity contribution >= 4 is 5.97 Å². The van der Waals surface area contributed by atoms with Gasteiger partial charge in [0.15, 0.2) is 0 Å². The van der Waals surface area contributed by atoms with Gasteiger partial charge in [-0.3, -0.25) is 9.36 Å². The molecule has 0 aliphatic heterocycles. The summed E-state index contributed by atoms with van der Waals surface area (Å²) >= 11 is 0. The van der Waals surface area contributed by atoms with Crippen molar-refractivity contribution in [1.29, 1.82) is 0 Å². The summed E-state index contributed by atoms with van der Waals surface area (Å²) in [5.41, 5.74) is 2.01. The zero-order valence-corrected chi connectivity index (χ0v) is 11.9. The Kier molecular flexibility index (Phi) is 4.17. The van der Waals surface area contributed by atoms with Gasteiger partial charge in [0.25, 0.3) is 0 Å². The molecule has 0 amide bonds. The second-order valence-electron chi connectivity index (χ2n) is 5.32. The number of hydrogen-bond acceptors (Lipinski definition) is 3. The summed E-state index contributed by atoms with van der Waals surface area (Å²) in [5, 5.41) is 17.0. The average Bonchev–Trinajstić information content (AvgIpc) is 2.88. The predicted octanol–water partition coefficient (Wildman–Crippen LogP) is 2.65. The first-order valence-electron chi connectivity index (χ1n) is 6.71. The Balaban J connectivity index is 2.20. The number of rotatable bonds is 5. The molecule has 0 aliphatic rings. The predicted molar refractivity (Wildman–Crippen MR) is 76.0 cm³/mol. The van der Waals surface area contributed by atoms with E-state index in [9.17, 15) is 4.79 Å². The minimum atomic E-state index is -0.769. The second kappa shape index (κ2) is 5.86. The van der Waals surface area contributed by atoms with Crippen LogP contribution in [0.3, 0.4) is 0 Å². The normalized spacial score (nSPS) is 12.6. The molecular weight excluding hydrogens is 254 g/mol. The van der Waals surface area contributed by atoms with E-state index in [0.717, 1.165) is 17.1 Å². The quantitative estimate of drug-likeness (QED) is 0.909. The summed E-state index contributed by atoms with van der Waals surface area (Å²) in [4.78, 5) is 10.9. The number of aliphatic carboxylic acids is 1. The summed E-state index contributed by atoms with van der Waals surface area (Å²) in [7, 11) is 0. The Hall–Kier alpha value is -2.17. The Morgan fingerprint density at radius 3 is 2.45 bits per heavy atom. The van der Waals surface area contributed by atoms with E-state index in [0.29, 0.717) is 12.3 Å². The third-order valence-corrected chi connectivity index (χ3v) is 3.27. The van der Waals surface area contributed by atoms with Gasteiger partial charge in [0.05, 0.1) is 5.92 Å². The minimum Gasteiger partial charge on any atom is -0.481 e. The number of nitrogens with zero attached hydrogens (tertiary/aromatic N) is 3. The van der Waals surface area contributed by atoms with E-state index in [4.69, 9.17) is 5.11 Å². The van der Waals surface area contributed by atoms with Crippen LogP contribution in [0.1, 0.15) is 38.1 Å². The standard InChI is InChI=1S/C15H19N3O2/c1-10(2)14-17-16-9-18(14)13-6-4-12(5-7-13)8-11(3)15(19)20/h4-7,9-11H,8H2,1-3H3,(H,19,20). The highest BCUT2D eigenvalue weighted by atomic mass is 16.4. The molecule has 0 saturated heterocycles. The van der Waals surface area contributed by atoms with Gasteiger partial charge in [-0.25, -0.2) is 0 Å². The fraction of sp³-hybridized carbons (Fsp3) is 0.400. The second-order valence-corrected chi connectivity index (χ2v) is 5.32. The Labute approximate surface area is 118 Å². The van der Waals surface area contributed by atoms with E-state index in [1.807, 2.05) is 28.8 Å². The highest BCUT2D eigenvalue weighted by Gasteiger charge is 2.13. The van der Waals surface area contributed by atoms with Gasteiger partial charge in [-0.2, -0.15) is 0 Å². The molecule has 2 aromatic rings. The molecule has 1 N–H and O–H groups in total. The van der Waals surface area contributed by atoms with Gasteiger partial charge in [0.1, 0.15) is 12.2 Å². The van der Waals surface area contributed by atoms with E-state index in [2.05, 4.69) is 24.0 Å². The molecule has 1 atom stereocenters. The molecule has 0 saturated carbocycles. The summed E-state index contributed by atoms with van der Waals surface area (Å²) in [6, 6.07) is 7.86. The third kappa shape index (κ3) is 3.04. The van der Waals surface area contributed by atoms with Crippen molar-refractivity contribution < 1.29 is 9.90 Å².